The van der Waals surface area contributed by atoms with Crippen molar-refractivity contribution in [1.82, 2.24) is 60.0 Å². The molecule has 4 saturated heterocycles. The van der Waals surface area contributed by atoms with Crippen molar-refractivity contribution in [3.63, 3.8) is 0 Å². The molecule has 0 unspecified atom stereocenters. The van der Waals surface area contributed by atoms with Gasteiger partial charge in [0.2, 0.25) is 70.9 Å². The minimum absolute atomic E-state index is 0.00949. The van der Waals surface area contributed by atoms with Crippen LogP contribution in [0, 0.1) is 24.7 Å². The van der Waals surface area contributed by atoms with Crippen molar-refractivity contribution in [1.29, 1.82) is 0 Å². The number of aryl methyl sites for hydroxylation is 2. The number of hydrogen-bond donors (Lipinski definition) is 3. The zero-order chi connectivity index (χ0) is 78.3. The summed E-state index contributed by atoms with van der Waals surface area (Å²) >= 11 is 0. The van der Waals surface area contributed by atoms with Crippen LogP contribution in [0.25, 0.3) is 0 Å². The lowest BCUT2D eigenvalue weighted by Crippen LogP contribution is -2.65. The van der Waals surface area contributed by atoms with E-state index in [1.54, 1.807) is 27.7 Å². The van der Waals surface area contributed by atoms with Crippen LogP contribution in [-0.2, 0) is 87.5 Å². The van der Waals surface area contributed by atoms with E-state index in [1.807, 2.05) is 20.8 Å². The van der Waals surface area contributed by atoms with E-state index in [-0.39, 0.29) is 121 Å². The molecule has 0 aliphatic carbocycles. The standard InChI is InChI=1S/C74H108F6N12O13/c1-15-45(6)62-71(103)85(11)48(9)66(98)92-34-31-55(92)69(101)86(12)57(41-50-23-27-51(28-24-50)73(75,76)77)68(100)84(10)43-59(93)82-53(30-26-49-25-29-52(47(8)40-49)74(78,79)80)67(99)91-33-20-21-54(91)64(96)81-32-19-18-22-60(94)88(14)63(46(7)16-2)72(104)87(13)58(70(102)89-35-37-105-38-36-89)42-61(95)90(17-3)56(39-44(4)5)65(97)83-62/h23-25,27-29,40,44-46,48,53-58,62-63H,15-22,26,30-39,41-43H2,1-14H3,(H,81,96)(H,82,93)(H,83,97)/t45-,46-,48-,53-,54-,55-,56-,57-,58-,62-,63-/m0/s1. The Kier molecular flexibility index (Phi) is 30.7. The van der Waals surface area contributed by atoms with Gasteiger partial charge in [0.15, 0.2) is 0 Å². The Morgan fingerprint density at radius 3 is 1.82 bits per heavy atom. The lowest BCUT2D eigenvalue weighted by atomic mass is 9.94. The van der Waals surface area contributed by atoms with Gasteiger partial charge >= 0.3 is 12.4 Å². The number of nitrogens with zero attached hydrogens (tertiary/aromatic N) is 9. The Morgan fingerprint density at radius 2 is 1.25 bits per heavy atom. The normalized spacial score (nSPS) is 25.6. The molecule has 12 amide bonds. The van der Waals surface area contributed by atoms with Crippen molar-refractivity contribution in [2.45, 2.75) is 213 Å². The molecule has 105 heavy (non-hydrogen) atoms. The second kappa shape index (κ2) is 37.7. The molecule has 4 fully saturated rings. The summed E-state index contributed by atoms with van der Waals surface area (Å²) in [5.74, 6) is -9.54. The van der Waals surface area contributed by atoms with Gasteiger partial charge < -0.3 is 64.8 Å². The second-order valence-electron chi connectivity index (χ2n) is 28.9. The van der Waals surface area contributed by atoms with Gasteiger partial charge in [-0.05, 0) is 125 Å². The van der Waals surface area contributed by atoms with Crippen LogP contribution in [0.5, 0.6) is 0 Å². The zero-order valence-corrected chi connectivity index (χ0v) is 63.1. The average molecular weight is 1490 g/mol. The molecule has 584 valence electrons. The second-order valence-corrected chi connectivity index (χ2v) is 28.9. The fourth-order valence-corrected chi connectivity index (χ4v) is 14.0. The molecule has 0 spiro atoms. The Balaban J connectivity index is 1.39. The number of nitrogens with one attached hydrogen (secondary N) is 3. The number of carbonyl (C=O) groups is 12. The SMILES string of the molecule is CC[C@H](C)[C@@H]1NC(=O)[C@H](CC(C)C)N(CC)C(=O)C[C@@H](C(=O)N2CCOCC2)N(C)C(=O)[C@H]([C@@H](C)CC)N(C)C(=O)CCCCNC(=O)[C@@H]2CCCN2C(=O)[C@H](CCc2ccc(C(F)(F)F)c(C)c2)NC(=O)CN(C)C(=O)[C@H](Cc2ccc(C(F)(F)F)cc2)N(C)C(=O)[C@@H]2CCN2C(=O)[C@H](C)N(C)C1=O. The molecule has 0 bridgehead atoms. The zero-order valence-electron chi connectivity index (χ0n) is 63.1. The number of alkyl halides is 6. The van der Waals surface area contributed by atoms with Crippen molar-refractivity contribution < 1.29 is 88.6 Å². The van der Waals surface area contributed by atoms with E-state index in [9.17, 15) is 69.5 Å². The monoisotopic (exact) mass is 1490 g/mol. The molecule has 0 aromatic heterocycles. The maximum Gasteiger partial charge on any atom is 0.416 e. The minimum Gasteiger partial charge on any atom is -0.378 e. The largest absolute Gasteiger partial charge is 0.416 e. The number of benzene rings is 2. The first-order chi connectivity index (χ1) is 49.3. The molecule has 11 atom stereocenters. The van der Waals surface area contributed by atoms with Crippen LogP contribution in [0.3, 0.4) is 0 Å². The number of halogens is 6. The Hall–Kier alpha value is -8.38. The number of morpholine rings is 1. The first-order valence-corrected chi connectivity index (χ1v) is 36.6. The van der Waals surface area contributed by atoms with Crippen LogP contribution >= 0.6 is 0 Å². The van der Waals surface area contributed by atoms with Gasteiger partial charge in [-0.1, -0.05) is 78.6 Å². The molecule has 3 N–H and O–H groups in total. The molecular formula is C74H108F6N12O13. The summed E-state index contributed by atoms with van der Waals surface area (Å²) in [4.78, 5) is 188. The highest BCUT2D eigenvalue weighted by molar-refractivity contribution is 5.99. The number of ether oxygens (including phenoxy) is 1. The third kappa shape index (κ3) is 21.7. The molecule has 0 radical (unpaired) electrons. The number of fused-ring (bicyclic) bond motifs is 2. The van der Waals surface area contributed by atoms with Crippen molar-refractivity contribution in [2.75, 3.05) is 94.3 Å². The van der Waals surface area contributed by atoms with Gasteiger partial charge in [0, 0.05) is 87.3 Å². The number of carbonyl (C=O) groups excluding carboxylic acids is 12. The van der Waals surface area contributed by atoms with Crippen LogP contribution in [0.4, 0.5) is 26.3 Å². The van der Waals surface area contributed by atoms with Gasteiger partial charge in [0.05, 0.1) is 37.3 Å². The molecule has 2 aromatic rings. The highest BCUT2D eigenvalue weighted by atomic mass is 19.4. The number of likely N-dealkylation sites (N-methyl/N-ethyl adjacent to an activating group) is 6. The summed E-state index contributed by atoms with van der Waals surface area (Å²) in [6.45, 7) is 15.1. The number of amides is 12. The molecule has 2 aromatic carbocycles. The Bertz CT molecular complexity index is 3430. The van der Waals surface area contributed by atoms with E-state index in [0.717, 1.165) is 45.0 Å². The molecule has 6 rings (SSSR count). The van der Waals surface area contributed by atoms with Gasteiger partial charge in [-0.2, -0.15) is 26.3 Å². The smallest absolute Gasteiger partial charge is 0.378 e. The molecule has 0 saturated carbocycles. The summed E-state index contributed by atoms with van der Waals surface area (Å²) in [5.41, 5.74) is -1.43. The topological polar surface area (TPSA) is 279 Å². The van der Waals surface area contributed by atoms with E-state index in [0.29, 0.717) is 24.8 Å². The summed E-state index contributed by atoms with van der Waals surface area (Å²) in [5, 5.41) is 8.42. The fraction of sp³-hybridized carbons (Fsp3) is 0.676. The van der Waals surface area contributed by atoms with Crippen LogP contribution in [0.1, 0.15) is 154 Å². The highest BCUT2D eigenvalue weighted by Gasteiger charge is 2.48. The minimum atomic E-state index is -4.73. The number of rotatable bonds is 13. The van der Waals surface area contributed by atoms with Gasteiger partial charge in [-0.3, -0.25) is 57.5 Å². The average Bonchev–Trinajstić information content (AvgIpc) is 1.43. The van der Waals surface area contributed by atoms with Gasteiger partial charge in [0.25, 0.3) is 0 Å². The fourth-order valence-electron chi connectivity index (χ4n) is 14.0. The molecular weight excluding hydrogens is 1380 g/mol. The van der Waals surface area contributed by atoms with Crippen molar-refractivity contribution in [3.8, 4) is 0 Å². The van der Waals surface area contributed by atoms with Crippen LogP contribution in [0.2, 0.25) is 0 Å². The van der Waals surface area contributed by atoms with Gasteiger partial charge in [0.1, 0.15) is 54.4 Å². The van der Waals surface area contributed by atoms with Crippen molar-refractivity contribution >= 4 is 70.9 Å². The predicted molar refractivity (Wildman–Crippen MR) is 376 cm³/mol. The molecule has 4 aliphatic rings. The highest BCUT2D eigenvalue weighted by Crippen LogP contribution is 2.34. The lowest BCUT2D eigenvalue weighted by molar-refractivity contribution is -0.160. The van der Waals surface area contributed by atoms with E-state index in [2.05, 4.69) is 16.0 Å². The Labute approximate surface area is 612 Å². The quantitative estimate of drug-likeness (QED) is 0.211. The van der Waals surface area contributed by atoms with Gasteiger partial charge in [-0.15, -0.1) is 0 Å². The van der Waals surface area contributed by atoms with Crippen LogP contribution < -0.4 is 16.0 Å². The third-order valence-corrected chi connectivity index (χ3v) is 21.2. The summed E-state index contributed by atoms with van der Waals surface area (Å²) in [6, 6.07) is -4.36. The lowest BCUT2D eigenvalue weighted by Gasteiger charge is -2.45. The maximum absolute atomic E-state index is 15.1. The molecule has 31 heteroatoms. The molecule has 4 aliphatic heterocycles. The summed E-state index contributed by atoms with van der Waals surface area (Å²) in [6.07, 6.45) is -8.78. The maximum atomic E-state index is 15.1. The molecule has 25 nitrogen and oxygen atoms in total. The summed E-state index contributed by atoms with van der Waals surface area (Å²) < 4.78 is 88.7. The van der Waals surface area contributed by atoms with E-state index >= 15 is 14.4 Å². The van der Waals surface area contributed by atoms with Crippen molar-refractivity contribution in [2.24, 2.45) is 17.8 Å². The van der Waals surface area contributed by atoms with E-state index < -0.39 is 180 Å². The van der Waals surface area contributed by atoms with Gasteiger partial charge in [-0.25, -0.2) is 0 Å². The third-order valence-electron chi connectivity index (χ3n) is 21.2. The van der Waals surface area contributed by atoms with Crippen LogP contribution in [0.15, 0.2) is 42.5 Å². The van der Waals surface area contributed by atoms with Crippen molar-refractivity contribution in [3.05, 3.63) is 70.3 Å². The Morgan fingerprint density at radius 1 is 0.619 bits per heavy atom. The first kappa shape index (κ1) is 85.5. The van der Waals surface area contributed by atoms with E-state index in [1.165, 1.54) is 90.6 Å². The predicted octanol–water partition coefficient (Wildman–Crippen LogP) is 5.46. The van der Waals surface area contributed by atoms with Crippen LogP contribution in [-0.4, -0.2) is 264 Å². The first-order valence-electron chi connectivity index (χ1n) is 36.6. The summed E-state index contributed by atoms with van der Waals surface area (Å²) in [7, 11) is 6.71. The number of hydrogen-bond acceptors (Lipinski definition) is 13. The van der Waals surface area contributed by atoms with E-state index in [4.69, 9.17) is 4.74 Å². The molecule has 4 heterocycles.